The van der Waals surface area contributed by atoms with Crippen molar-refractivity contribution in [2.75, 3.05) is 11.9 Å². The van der Waals surface area contributed by atoms with Crippen LogP contribution >= 0.6 is 0 Å². The lowest BCUT2D eigenvalue weighted by atomic mass is 10.0. The predicted octanol–water partition coefficient (Wildman–Crippen LogP) is 1.83. The Labute approximate surface area is 165 Å². The lowest BCUT2D eigenvalue weighted by Gasteiger charge is -2.08. The molecule has 0 spiro atoms. The van der Waals surface area contributed by atoms with Gasteiger partial charge in [0.2, 0.25) is 0 Å². The quantitative estimate of drug-likeness (QED) is 0.471. The summed E-state index contributed by atoms with van der Waals surface area (Å²) >= 11 is 0. The van der Waals surface area contributed by atoms with Crippen molar-refractivity contribution in [2.45, 2.75) is 26.4 Å². The van der Waals surface area contributed by atoms with E-state index in [1.54, 1.807) is 19.9 Å². The Morgan fingerprint density at radius 2 is 2.03 bits per heavy atom. The summed E-state index contributed by atoms with van der Waals surface area (Å²) in [6.45, 7) is 3.39. The Balaban J connectivity index is 1.84. The van der Waals surface area contributed by atoms with Crippen molar-refractivity contribution in [1.82, 2.24) is 10.3 Å². The van der Waals surface area contributed by atoms with Crippen LogP contribution in [0.4, 0.5) is 10.1 Å². The first kappa shape index (κ1) is 20.3. The predicted molar refractivity (Wildman–Crippen MR) is 104 cm³/mol. The van der Waals surface area contributed by atoms with Gasteiger partial charge in [-0.2, -0.15) is 0 Å². The van der Waals surface area contributed by atoms with E-state index in [1.807, 2.05) is 0 Å². The smallest absolute Gasteiger partial charge is 0.332 e. The van der Waals surface area contributed by atoms with Crippen molar-refractivity contribution in [1.29, 1.82) is 0 Å². The molecule has 2 aromatic rings. The number of H-pyrrole nitrogens is 1. The molecule has 1 aromatic heterocycles. The Morgan fingerprint density at radius 1 is 1.31 bits per heavy atom. The minimum Gasteiger partial charge on any atom is -0.479 e. The summed E-state index contributed by atoms with van der Waals surface area (Å²) in [6, 6.07) is 4.02. The number of hydrogen-bond donors (Lipinski definition) is 5. The van der Waals surface area contributed by atoms with E-state index in [2.05, 4.69) is 15.6 Å². The van der Waals surface area contributed by atoms with Crippen molar-refractivity contribution in [3.8, 4) is 0 Å². The number of rotatable bonds is 6. The van der Waals surface area contributed by atoms with E-state index < -0.39 is 23.8 Å². The number of fused-ring (bicyclic) bond motifs is 1. The number of aryl methyl sites for hydroxylation is 1. The largest absolute Gasteiger partial charge is 0.479 e. The number of aromatic amines is 1. The number of carboxylic acids is 1. The fourth-order valence-corrected chi connectivity index (χ4v) is 3.24. The molecule has 0 aliphatic carbocycles. The summed E-state index contributed by atoms with van der Waals surface area (Å²) in [5, 5.41) is 23.2. The highest BCUT2D eigenvalue weighted by Gasteiger charge is 2.26. The topological polar surface area (TPSA) is 132 Å². The summed E-state index contributed by atoms with van der Waals surface area (Å²) < 4.78 is 13.6. The van der Waals surface area contributed by atoms with Crippen LogP contribution in [-0.4, -0.2) is 45.6 Å². The Bertz CT molecular complexity index is 1040. The number of benzene rings is 1. The van der Waals surface area contributed by atoms with Gasteiger partial charge in [0.05, 0.1) is 11.1 Å². The Morgan fingerprint density at radius 3 is 2.72 bits per heavy atom. The third-order valence-corrected chi connectivity index (χ3v) is 4.74. The molecule has 1 atom stereocenters. The molecule has 1 aliphatic heterocycles. The van der Waals surface area contributed by atoms with Crippen molar-refractivity contribution in [2.24, 2.45) is 0 Å². The van der Waals surface area contributed by atoms with Crippen LogP contribution in [0.2, 0.25) is 0 Å². The Kier molecular flexibility index (Phi) is 5.51. The maximum atomic E-state index is 13.6. The molecule has 5 N–H and O–H groups in total. The molecule has 9 heteroatoms. The van der Waals surface area contributed by atoms with Crippen LogP contribution in [0.15, 0.2) is 18.2 Å². The summed E-state index contributed by atoms with van der Waals surface area (Å²) in [4.78, 5) is 38.4. The third kappa shape index (κ3) is 4.04. The zero-order valence-corrected chi connectivity index (χ0v) is 15.8. The van der Waals surface area contributed by atoms with E-state index in [-0.39, 0.29) is 24.4 Å². The lowest BCUT2D eigenvalue weighted by Crippen LogP contribution is -2.30. The number of halogens is 1. The number of carboxylic acid groups (broad SMARTS) is 1. The summed E-state index contributed by atoms with van der Waals surface area (Å²) in [6.07, 6.45) is -0.109. The van der Waals surface area contributed by atoms with Crippen LogP contribution < -0.4 is 10.6 Å². The van der Waals surface area contributed by atoms with Gasteiger partial charge < -0.3 is 25.8 Å². The minimum absolute atomic E-state index is 0.0121. The van der Waals surface area contributed by atoms with E-state index in [0.29, 0.717) is 33.8 Å². The lowest BCUT2D eigenvalue weighted by molar-refractivity contribution is -0.146. The Hall–Kier alpha value is -3.46. The van der Waals surface area contributed by atoms with Crippen molar-refractivity contribution in [3.05, 3.63) is 52.1 Å². The van der Waals surface area contributed by atoms with Gasteiger partial charge in [0.25, 0.3) is 11.8 Å². The molecule has 152 valence electrons. The van der Waals surface area contributed by atoms with Crippen molar-refractivity contribution in [3.63, 3.8) is 0 Å². The van der Waals surface area contributed by atoms with Crippen LogP contribution in [0.5, 0.6) is 0 Å². The maximum Gasteiger partial charge on any atom is 0.332 e. The molecule has 3 rings (SSSR count). The second-order valence-electron chi connectivity index (χ2n) is 6.76. The molecule has 29 heavy (non-hydrogen) atoms. The molecule has 1 aliphatic rings. The molecule has 8 nitrogen and oxygen atoms in total. The van der Waals surface area contributed by atoms with E-state index in [0.717, 1.165) is 0 Å². The second kappa shape index (κ2) is 7.88. The van der Waals surface area contributed by atoms with Gasteiger partial charge in [0, 0.05) is 35.6 Å². The first-order valence-electron chi connectivity index (χ1n) is 8.90. The van der Waals surface area contributed by atoms with E-state index in [1.165, 1.54) is 18.2 Å². The number of amides is 2. The van der Waals surface area contributed by atoms with Gasteiger partial charge in [0.1, 0.15) is 5.82 Å². The van der Waals surface area contributed by atoms with Gasteiger partial charge in [-0.15, -0.1) is 0 Å². The van der Waals surface area contributed by atoms with Crippen LogP contribution in [0.25, 0.3) is 11.6 Å². The minimum atomic E-state index is -1.55. The number of aliphatic hydroxyl groups excluding tert-OH is 1. The van der Waals surface area contributed by atoms with Gasteiger partial charge >= 0.3 is 5.97 Å². The van der Waals surface area contributed by atoms with Crippen LogP contribution in [0.1, 0.15) is 39.3 Å². The first-order valence-corrected chi connectivity index (χ1v) is 8.90. The molecule has 2 heterocycles. The highest BCUT2D eigenvalue weighted by molar-refractivity contribution is 6.34. The maximum absolute atomic E-state index is 13.6. The van der Waals surface area contributed by atoms with Crippen LogP contribution in [0.3, 0.4) is 0 Å². The molecule has 1 aromatic carbocycles. The fraction of sp³-hybridized carbons (Fsp3) is 0.250. The second-order valence-corrected chi connectivity index (χ2v) is 6.76. The molecule has 0 fully saturated rings. The molecular formula is C20H20FN3O5. The number of carbonyl (C=O) groups is 3. The number of aliphatic carboxylic acids is 1. The molecule has 0 saturated carbocycles. The van der Waals surface area contributed by atoms with Gasteiger partial charge in [0.15, 0.2) is 6.10 Å². The highest BCUT2D eigenvalue weighted by Crippen LogP contribution is 2.34. The van der Waals surface area contributed by atoms with Crippen molar-refractivity contribution >= 4 is 35.1 Å². The average Bonchev–Trinajstić information content (AvgIpc) is 3.11. The highest BCUT2D eigenvalue weighted by atomic mass is 19.1. The number of nitrogens with one attached hydrogen (secondary N) is 3. The molecule has 0 unspecified atom stereocenters. The van der Waals surface area contributed by atoms with Gasteiger partial charge in [-0.1, -0.05) is 0 Å². The summed E-state index contributed by atoms with van der Waals surface area (Å²) in [5.74, 6) is -2.62. The molecule has 0 saturated heterocycles. The molecule has 2 amide bonds. The monoisotopic (exact) mass is 401 g/mol. The number of aliphatic hydroxyl groups is 1. The SMILES string of the molecule is Cc1[nH]c(C=C2C(=O)Nc3ccc(F)cc32)c(C)c1C(=O)NCC[C@H](O)C(=O)O. The average molecular weight is 401 g/mol. The van der Waals surface area contributed by atoms with Crippen LogP contribution in [0, 0.1) is 19.7 Å². The number of hydrogen-bond acceptors (Lipinski definition) is 4. The van der Waals surface area contributed by atoms with E-state index in [4.69, 9.17) is 5.11 Å². The molecule has 0 radical (unpaired) electrons. The third-order valence-electron chi connectivity index (χ3n) is 4.74. The number of aromatic nitrogens is 1. The summed E-state index contributed by atoms with van der Waals surface area (Å²) in [7, 11) is 0. The standard InChI is InChI=1S/C20H20FN3O5/c1-9-15(8-13-12-7-11(21)3-4-14(12)24-18(13)26)23-10(2)17(9)19(27)22-6-5-16(25)20(28)29/h3-4,7-8,16,23,25H,5-6H2,1-2H3,(H,22,27)(H,24,26)(H,28,29)/t16-/m0/s1. The van der Waals surface area contributed by atoms with E-state index >= 15 is 0 Å². The zero-order chi connectivity index (χ0) is 21.3. The zero-order valence-electron chi connectivity index (χ0n) is 15.8. The van der Waals surface area contributed by atoms with Gasteiger partial charge in [-0.3, -0.25) is 9.59 Å². The summed E-state index contributed by atoms with van der Waals surface area (Å²) in [5.41, 5.74) is 3.27. The normalized spacial score (nSPS) is 15.2. The molecular weight excluding hydrogens is 381 g/mol. The van der Waals surface area contributed by atoms with Gasteiger partial charge in [-0.25, -0.2) is 9.18 Å². The van der Waals surface area contributed by atoms with Gasteiger partial charge in [-0.05, 0) is 43.7 Å². The van der Waals surface area contributed by atoms with E-state index in [9.17, 15) is 23.9 Å². The molecule has 0 bridgehead atoms. The van der Waals surface area contributed by atoms with Crippen molar-refractivity contribution < 1.29 is 29.0 Å². The first-order chi connectivity index (χ1) is 13.7. The fourth-order valence-electron chi connectivity index (χ4n) is 3.24. The number of carbonyl (C=O) groups excluding carboxylic acids is 2. The van der Waals surface area contributed by atoms with Crippen LogP contribution in [-0.2, 0) is 9.59 Å². The number of anilines is 1.